The van der Waals surface area contributed by atoms with Gasteiger partial charge in [0, 0.05) is 30.1 Å². The molecule has 1 aliphatic rings. The Labute approximate surface area is 143 Å². The van der Waals surface area contributed by atoms with Crippen molar-refractivity contribution in [2.45, 2.75) is 51.8 Å². The molecule has 0 radical (unpaired) electrons. The molecule has 1 unspecified atom stereocenters. The molecule has 2 rings (SSSR count). The fourth-order valence-corrected chi connectivity index (χ4v) is 2.53. The van der Waals surface area contributed by atoms with E-state index in [0.29, 0.717) is 18.5 Å². The second kappa shape index (κ2) is 7.06. The number of likely N-dealkylation sites (tertiary alicyclic amines) is 1. The summed E-state index contributed by atoms with van der Waals surface area (Å²) >= 11 is 0. The third kappa shape index (κ3) is 4.84. The van der Waals surface area contributed by atoms with Crippen LogP contribution in [0.2, 0.25) is 0 Å². The van der Waals surface area contributed by atoms with E-state index >= 15 is 0 Å². The van der Waals surface area contributed by atoms with Gasteiger partial charge in [-0.3, -0.25) is 9.59 Å². The molecule has 0 aliphatic carbocycles. The van der Waals surface area contributed by atoms with Gasteiger partial charge in [0.15, 0.2) is 0 Å². The molecule has 5 heteroatoms. The minimum atomic E-state index is -1.05. The summed E-state index contributed by atoms with van der Waals surface area (Å²) in [4.78, 5) is 26.0. The topological polar surface area (TPSA) is 69.6 Å². The zero-order valence-electron chi connectivity index (χ0n) is 14.6. The van der Waals surface area contributed by atoms with E-state index < -0.39 is 5.60 Å². The van der Waals surface area contributed by atoms with E-state index in [9.17, 15) is 14.7 Å². The summed E-state index contributed by atoms with van der Waals surface area (Å²) in [6.45, 7) is 7.72. The van der Waals surface area contributed by atoms with Crippen molar-refractivity contribution in [3.63, 3.8) is 0 Å². The van der Waals surface area contributed by atoms with Gasteiger partial charge in [0.2, 0.25) is 5.91 Å². The fourth-order valence-electron chi connectivity index (χ4n) is 2.53. The lowest BCUT2D eigenvalue weighted by molar-refractivity contribution is -0.129. The number of nitrogens with one attached hydrogen (secondary N) is 1. The van der Waals surface area contributed by atoms with Gasteiger partial charge in [-0.25, -0.2) is 0 Å². The number of benzene rings is 1. The van der Waals surface area contributed by atoms with Crippen molar-refractivity contribution in [1.82, 2.24) is 10.2 Å². The Balaban J connectivity index is 1.98. The van der Waals surface area contributed by atoms with E-state index in [2.05, 4.69) is 17.2 Å². The van der Waals surface area contributed by atoms with Crippen molar-refractivity contribution in [3.05, 3.63) is 35.4 Å². The normalized spacial score (nSPS) is 17.7. The number of aliphatic hydroxyl groups is 1. The molecule has 1 aromatic carbocycles. The van der Waals surface area contributed by atoms with E-state index in [-0.39, 0.29) is 23.9 Å². The molecule has 1 aliphatic heterocycles. The van der Waals surface area contributed by atoms with E-state index in [4.69, 9.17) is 0 Å². The average molecular weight is 328 g/mol. The molecule has 24 heavy (non-hydrogen) atoms. The molecule has 1 aromatic rings. The predicted octanol–water partition coefficient (Wildman–Crippen LogP) is 1.55. The maximum Gasteiger partial charge on any atom is 0.251 e. The van der Waals surface area contributed by atoms with Crippen LogP contribution >= 0.6 is 0 Å². The lowest BCUT2D eigenvalue weighted by atomic mass is 10.1. The zero-order chi connectivity index (χ0) is 17.9. The van der Waals surface area contributed by atoms with Gasteiger partial charge in [0.1, 0.15) is 5.60 Å². The SMILES string of the molecule is CC(C)N1CC(NC(=O)c2ccc(C#CC(C)(C)O)cc2)CC1=O. The molecule has 0 spiro atoms. The van der Waals surface area contributed by atoms with Crippen molar-refractivity contribution in [3.8, 4) is 11.8 Å². The molecular formula is C19H24N2O3. The summed E-state index contributed by atoms with van der Waals surface area (Å²) in [6, 6.07) is 6.87. The first kappa shape index (κ1) is 18.0. The van der Waals surface area contributed by atoms with Crippen LogP contribution in [-0.2, 0) is 4.79 Å². The highest BCUT2D eigenvalue weighted by molar-refractivity contribution is 5.95. The minimum Gasteiger partial charge on any atom is -0.378 e. The number of carbonyl (C=O) groups excluding carboxylic acids is 2. The Morgan fingerprint density at radius 1 is 1.33 bits per heavy atom. The third-order valence-corrected chi connectivity index (χ3v) is 3.78. The smallest absolute Gasteiger partial charge is 0.251 e. The Morgan fingerprint density at radius 2 is 1.96 bits per heavy atom. The van der Waals surface area contributed by atoms with Crippen LogP contribution < -0.4 is 5.32 Å². The molecule has 2 N–H and O–H groups in total. The number of carbonyl (C=O) groups is 2. The molecule has 1 heterocycles. The van der Waals surface area contributed by atoms with Crippen LogP contribution in [0, 0.1) is 11.8 Å². The quantitative estimate of drug-likeness (QED) is 0.827. The van der Waals surface area contributed by atoms with Crippen molar-refractivity contribution in [1.29, 1.82) is 0 Å². The summed E-state index contributed by atoms with van der Waals surface area (Å²) in [5, 5.41) is 12.5. The van der Waals surface area contributed by atoms with Crippen molar-refractivity contribution >= 4 is 11.8 Å². The summed E-state index contributed by atoms with van der Waals surface area (Å²) in [6.07, 6.45) is 0.346. The number of hydrogen-bond donors (Lipinski definition) is 2. The fraction of sp³-hybridized carbons (Fsp3) is 0.474. The summed E-state index contributed by atoms with van der Waals surface area (Å²) in [5.41, 5.74) is 0.211. The summed E-state index contributed by atoms with van der Waals surface area (Å²) in [5.74, 6) is 5.48. The Morgan fingerprint density at radius 3 is 2.46 bits per heavy atom. The lowest BCUT2D eigenvalue weighted by Gasteiger charge is -2.21. The molecule has 0 bridgehead atoms. The highest BCUT2D eigenvalue weighted by atomic mass is 16.3. The molecule has 1 fully saturated rings. The van der Waals surface area contributed by atoms with E-state index in [1.165, 1.54) is 0 Å². The van der Waals surface area contributed by atoms with Crippen LogP contribution in [0.3, 0.4) is 0 Å². The van der Waals surface area contributed by atoms with Crippen LogP contribution in [0.25, 0.3) is 0 Å². The number of rotatable bonds is 3. The van der Waals surface area contributed by atoms with Crippen LogP contribution in [-0.4, -0.2) is 46.1 Å². The van der Waals surface area contributed by atoms with Crippen LogP contribution in [0.15, 0.2) is 24.3 Å². The Kier molecular flexibility index (Phi) is 5.30. The first-order chi connectivity index (χ1) is 11.2. The number of nitrogens with zero attached hydrogens (tertiary/aromatic N) is 1. The van der Waals surface area contributed by atoms with Gasteiger partial charge in [-0.2, -0.15) is 0 Å². The van der Waals surface area contributed by atoms with E-state index in [1.807, 2.05) is 13.8 Å². The average Bonchev–Trinajstić information content (AvgIpc) is 2.85. The van der Waals surface area contributed by atoms with Gasteiger partial charge in [-0.05, 0) is 52.0 Å². The second-order valence-corrected chi connectivity index (χ2v) is 6.90. The number of hydrogen-bond acceptors (Lipinski definition) is 3. The van der Waals surface area contributed by atoms with Gasteiger partial charge in [-0.1, -0.05) is 11.8 Å². The molecule has 128 valence electrons. The van der Waals surface area contributed by atoms with Gasteiger partial charge >= 0.3 is 0 Å². The zero-order valence-corrected chi connectivity index (χ0v) is 14.6. The number of amides is 2. The monoisotopic (exact) mass is 328 g/mol. The van der Waals surface area contributed by atoms with Gasteiger partial charge in [0.25, 0.3) is 5.91 Å². The van der Waals surface area contributed by atoms with Gasteiger partial charge in [-0.15, -0.1) is 0 Å². The maximum absolute atomic E-state index is 12.3. The largest absolute Gasteiger partial charge is 0.378 e. The van der Waals surface area contributed by atoms with E-state index in [1.54, 1.807) is 43.0 Å². The molecule has 1 atom stereocenters. The second-order valence-electron chi connectivity index (χ2n) is 6.90. The van der Waals surface area contributed by atoms with Crippen molar-refractivity contribution in [2.75, 3.05) is 6.54 Å². The predicted molar refractivity (Wildman–Crippen MR) is 92.3 cm³/mol. The van der Waals surface area contributed by atoms with Crippen LogP contribution in [0.5, 0.6) is 0 Å². The first-order valence-corrected chi connectivity index (χ1v) is 8.11. The van der Waals surface area contributed by atoms with Crippen LogP contribution in [0.1, 0.15) is 50.0 Å². The highest BCUT2D eigenvalue weighted by Crippen LogP contribution is 2.15. The van der Waals surface area contributed by atoms with Gasteiger partial charge < -0.3 is 15.3 Å². The summed E-state index contributed by atoms with van der Waals surface area (Å²) < 4.78 is 0. The van der Waals surface area contributed by atoms with Gasteiger partial charge in [0.05, 0.1) is 6.04 Å². The van der Waals surface area contributed by atoms with E-state index in [0.717, 1.165) is 5.56 Å². The highest BCUT2D eigenvalue weighted by Gasteiger charge is 2.32. The molecule has 0 aromatic heterocycles. The molecule has 1 saturated heterocycles. The molecule has 2 amide bonds. The Hall–Kier alpha value is -2.32. The maximum atomic E-state index is 12.3. The molecule has 0 saturated carbocycles. The standard InChI is InChI=1S/C19H24N2O3/c1-13(2)21-12-16(11-17(21)22)20-18(23)15-7-5-14(6-8-15)9-10-19(3,4)24/h5-8,13,16,24H,11-12H2,1-4H3,(H,20,23). The van der Waals surface area contributed by atoms with Crippen molar-refractivity contribution in [2.24, 2.45) is 0 Å². The Bertz CT molecular complexity index is 675. The summed E-state index contributed by atoms with van der Waals surface area (Å²) in [7, 11) is 0. The minimum absolute atomic E-state index is 0.0764. The molecule has 5 nitrogen and oxygen atoms in total. The first-order valence-electron chi connectivity index (χ1n) is 8.11. The molecular weight excluding hydrogens is 304 g/mol. The lowest BCUT2D eigenvalue weighted by Crippen LogP contribution is -2.38. The van der Waals surface area contributed by atoms with Crippen molar-refractivity contribution < 1.29 is 14.7 Å². The third-order valence-electron chi connectivity index (χ3n) is 3.78. The van der Waals surface area contributed by atoms with Crippen LogP contribution in [0.4, 0.5) is 0 Å².